The first-order valence-electron chi connectivity index (χ1n) is 9.42. The van der Waals surface area contributed by atoms with Crippen molar-refractivity contribution in [2.45, 2.75) is 53.1 Å². The Bertz CT molecular complexity index is 929. The average molecular weight is 434 g/mol. The molecule has 0 aromatic heterocycles. The van der Waals surface area contributed by atoms with Crippen LogP contribution >= 0.6 is 7.37 Å². The molecule has 0 saturated heterocycles. The Kier molecular flexibility index (Phi) is 11.1. The first-order valence-corrected chi connectivity index (χ1v) is 11.2. The summed E-state index contributed by atoms with van der Waals surface area (Å²) in [6.45, 7) is 8.22. The molecule has 158 valence electrons. The third-order valence-corrected chi connectivity index (χ3v) is 6.31. The van der Waals surface area contributed by atoms with Crippen LogP contribution in [-0.4, -0.2) is 23.3 Å². The summed E-state index contributed by atoms with van der Waals surface area (Å²) in [7, 11) is -4.33. The van der Waals surface area contributed by atoms with Gasteiger partial charge in [0.05, 0.1) is 13.5 Å². The Labute approximate surface area is 207 Å². The zero-order valence-corrected chi connectivity index (χ0v) is 20.0. The summed E-state index contributed by atoms with van der Waals surface area (Å²) in [6.07, 6.45) is -1.65. The molecule has 0 amide bonds. The molecule has 0 saturated carbocycles. The first kappa shape index (κ1) is 30.3. The van der Waals surface area contributed by atoms with Crippen molar-refractivity contribution in [3.63, 3.8) is 0 Å². The largest absolute Gasteiger partial charge is 1.00 e. The summed E-state index contributed by atoms with van der Waals surface area (Å²) in [5, 5.41) is 20.1. The molecule has 31 heavy (non-hydrogen) atoms. The SMILES string of the molecule is CC1(C)CC(c2ccc(F)cc2)=C(C#CP(=O)([O-])C[C@@H](O)CC(=O)[O-])C(C)(C)C1.[Li+].[Li+]. The number of aliphatic hydroxyl groups excluding tert-OH is 1. The number of aliphatic hydroxyl groups is 1. The summed E-state index contributed by atoms with van der Waals surface area (Å²) in [4.78, 5) is 22.8. The van der Waals surface area contributed by atoms with Gasteiger partial charge in [-0.1, -0.05) is 45.7 Å². The van der Waals surface area contributed by atoms with Gasteiger partial charge in [-0.15, -0.1) is 0 Å². The average Bonchev–Trinajstić information content (AvgIpc) is 2.50. The fourth-order valence-electron chi connectivity index (χ4n) is 4.19. The molecule has 0 aliphatic heterocycles. The summed E-state index contributed by atoms with van der Waals surface area (Å²) in [6, 6.07) is 6.03. The van der Waals surface area contributed by atoms with Crippen molar-refractivity contribution in [3.8, 4) is 11.6 Å². The van der Waals surface area contributed by atoms with E-state index >= 15 is 0 Å². The molecule has 1 aromatic carbocycles. The maximum atomic E-state index is 13.4. The van der Waals surface area contributed by atoms with E-state index < -0.39 is 37.4 Å². The molecule has 0 fully saturated rings. The smallest absolute Gasteiger partial charge is 0.790 e. The number of aliphatic carboxylic acids is 1. The van der Waals surface area contributed by atoms with Gasteiger partial charge in [0.2, 0.25) is 0 Å². The molecule has 0 heterocycles. The number of rotatable bonds is 5. The number of allylic oxidation sites excluding steroid dienone is 2. The number of carbonyl (C=O) groups is 1. The van der Waals surface area contributed by atoms with Crippen LogP contribution in [0.15, 0.2) is 29.8 Å². The molecular weight excluding hydrogens is 408 g/mol. The number of hydrogen-bond donors (Lipinski definition) is 1. The van der Waals surface area contributed by atoms with Crippen molar-refractivity contribution in [3.05, 3.63) is 41.2 Å². The minimum absolute atomic E-state index is 0. The van der Waals surface area contributed by atoms with Gasteiger partial charge in [0.1, 0.15) is 5.82 Å². The van der Waals surface area contributed by atoms with Gasteiger partial charge in [-0.3, -0.25) is 0 Å². The van der Waals surface area contributed by atoms with Gasteiger partial charge in [0.25, 0.3) is 0 Å². The summed E-state index contributed by atoms with van der Waals surface area (Å²) >= 11 is 0. The Balaban J connectivity index is 0.00000450. The number of benzene rings is 1. The van der Waals surface area contributed by atoms with Gasteiger partial charge in [0.15, 0.2) is 0 Å². The van der Waals surface area contributed by atoms with Gasteiger partial charge in [0, 0.05) is 24.1 Å². The topological polar surface area (TPSA) is 100 Å². The molecule has 0 spiro atoms. The fraction of sp³-hybridized carbons (Fsp3) is 0.500. The molecule has 1 aliphatic carbocycles. The van der Waals surface area contributed by atoms with E-state index in [1.54, 1.807) is 12.1 Å². The van der Waals surface area contributed by atoms with Gasteiger partial charge in [-0.2, -0.15) is 0 Å². The van der Waals surface area contributed by atoms with Crippen LogP contribution in [0, 0.1) is 28.2 Å². The van der Waals surface area contributed by atoms with E-state index in [0.29, 0.717) is 12.0 Å². The molecule has 5 nitrogen and oxygen atoms in total. The molecule has 9 heteroatoms. The third kappa shape index (κ3) is 8.96. The number of carboxylic acid groups (broad SMARTS) is 1. The Hall–Kier alpha value is -0.735. The van der Waals surface area contributed by atoms with Crippen molar-refractivity contribution in [1.82, 2.24) is 0 Å². The van der Waals surface area contributed by atoms with Gasteiger partial charge in [-0.05, 0) is 52.6 Å². The van der Waals surface area contributed by atoms with Gasteiger partial charge < -0.3 is 24.5 Å². The molecule has 2 atom stereocenters. The van der Waals surface area contributed by atoms with E-state index in [1.165, 1.54) is 12.1 Å². The van der Waals surface area contributed by atoms with Crippen molar-refractivity contribution in [1.29, 1.82) is 0 Å². The summed E-state index contributed by atoms with van der Waals surface area (Å²) in [5.41, 5.74) is 4.12. The molecule has 1 unspecified atom stereocenters. The van der Waals surface area contributed by atoms with Crippen LogP contribution in [0.1, 0.15) is 52.5 Å². The fourth-order valence-corrected chi connectivity index (χ4v) is 5.24. The second-order valence-corrected chi connectivity index (χ2v) is 11.0. The standard InChI is InChI=1S/C22H28FO5P.2Li/c1-21(2)12-18(15-5-7-16(23)8-6-15)19(22(3,4)14-21)9-10-29(27,28)13-17(24)11-20(25)26;;/h5-8,17,24H,11-14H2,1-4H3,(H,25,26)(H,27,28);;/q;2*+1/p-2/t17-;;/m0../s1. The van der Waals surface area contributed by atoms with Gasteiger partial charge >= 0.3 is 37.7 Å². The van der Waals surface area contributed by atoms with Crippen LogP contribution in [-0.2, 0) is 9.36 Å². The molecular formula is C22H26FLi2O5P. The Morgan fingerprint density at radius 1 is 1.23 bits per heavy atom. The van der Waals surface area contributed by atoms with Gasteiger partial charge in [-0.25, -0.2) is 4.39 Å². The number of carboxylic acids is 1. The maximum absolute atomic E-state index is 13.4. The van der Waals surface area contributed by atoms with Crippen LogP contribution in [0.5, 0.6) is 0 Å². The molecule has 1 N–H and O–H groups in total. The minimum atomic E-state index is -4.33. The van der Waals surface area contributed by atoms with Crippen molar-refractivity contribution >= 4 is 18.9 Å². The second kappa shape index (κ2) is 11.4. The molecule has 1 aromatic rings. The van der Waals surface area contributed by atoms with E-state index in [0.717, 1.165) is 17.6 Å². The normalized spacial score (nSPS) is 19.6. The quantitative estimate of drug-likeness (QED) is 0.295. The van der Waals surface area contributed by atoms with Crippen LogP contribution in [0.2, 0.25) is 0 Å². The van der Waals surface area contributed by atoms with Crippen LogP contribution in [0.3, 0.4) is 0 Å². The number of halogens is 1. The third-order valence-electron chi connectivity index (χ3n) is 4.95. The van der Waals surface area contributed by atoms with Crippen molar-refractivity contribution in [2.75, 3.05) is 6.16 Å². The zero-order chi connectivity index (χ0) is 22.0. The predicted octanol–water partition coefficient (Wildman–Crippen LogP) is -3.47. The van der Waals surface area contributed by atoms with Crippen LogP contribution in [0.25, 0.3) is 5.57 Å². The predicted molar refractivity (Wildman–Crippen MR) is 106 cm³/mol. The number of hydrogen-bond acceptors (Lipinski definition) is 5. The minimum Gasteiger partial charge on any atom is -0.790 e. The first-order chi connectivity index (χ1) is 13.2. The molecule has 2 rings (SSSR count). The summed E-state index contributed by atoms with van der Waals surface area (Å²) in [5.74, 6) is 0.913. The summed E-state index contributed by atoms with van der Waals surface area (Å²) < 4.78 is 25.7. The van der Waals surface area contributed by atoms with Crippen molar-refractivity contribution in [2.24, 2.45) is 10.8 Å². The molecule has 1 aliphatic rings. The Morgan fingerprint density at radius 3 is 2.29 bits per heavy atom. The Morgan fingerprint density at radius 2 is 1.77 bits per heavy atom. The van der Waals surface area contributed by atoms with Crippen molar-refractivity contribution < 1.29 is 66.6 Å². The van der Waals surface area contributed by atoms with E-state index in [9.17, 15) is 28.9 Å². The van der Waals surface area contributed by atoms with E-state index in [2.05, 4.69) is 25.4 Å². The molecule has 0 radical (unpaired) electrons. The van der Waals surface area contributed by atoms with E-state index in [1.807, 2.05) is 13.8 Å². The maximum Gasteiger partial charge on any atom is 1.00 e. The molecule has 0 bridgehead atoms. The van der Waals surface area contributed by atoms with E-state index in [4.69, 9.17) is 0 Å². The van der Waals surface area contributed by atoms with Crippen LogP contribution < -0.4 is 47.7 Å². The zero-order valence-electron chi connectivity index (χ0n) is 19.1. The monoisotopic (exact) mass is 434 g/mol. The van der Waals surface area contributed by atoms with E-state index in [-0.39, 0.29) is 49.0 Å². The van der Waals surface area contributed by atoms with Crippen LogP contribution in [0.4, 0.5) is 4.39 Å². The second-order valence-electron chi connectivity index (χ2n) is 9.08. The number of carbonyl (C=O) groups excluding carboxylic acids is 1.